The van der Waals surface area contributed by atoms with Crippen molar-refractivity contribution in [2.45, 2.75) is 19.8 Å². The van der Waals surface area contributed by atoms with Crippen molar-refractivity contribution >= 4 is 67.1 Å². The summed E-state index contributed by atoms with van der Waals surface area (Å²) in [5.41, 5.74) is 3.34. The van der Waals surface area contributed by atoms with E-state index in [-0.39, 0.29) is 22.3 Å². The number of amides is 2. The number of nitriles is 1. The average Bonchev–Trinajstić information content (AvgIpc) is 2.79. The molecular formula is C24H21Br2N3O4S. The van der Waals surface area contributed by atoms with Crippen molar-refractivity contribution in [1.82, 2.24) is 5.32 Å². The quantitative estimate of drug-likeness (QED) is 0.356. The van der Waals surface area contributed by atoms with Gasteiger partial charge in [-0.1, -0.05) is 55.8 Å². The molecule has 0 fully saturated rings. The summed E-state index contributed by atoms with van der Waals surface area (Å²) in [5, 5.41) is 15.8. The molecule has 1 aliphatic rings. The molecule has 2 amide bonds. The number of nitrogens with one attached hydrogen (secondary N) is 2. The van der Waals surface area contributed by atoms with Gasteiger partial charge in [0.2, 0.25) is 11.8 Å². The molecule has 1 aliphatic heterocycles. The van der Waals surface area contributed by atoms with Crippen LogP contribution in [0.4, 0.5) is 5.69 Å². The van der Waals surface area contributed by atoms with Crippen molar-refractivity contribution in [3.05, 3.63) is 72.6 Å². The number of rotatable bonds is 6. The molecule has 2 aromatic rings. The summed E-state index contributed by atoms with van der Waals surface area (Å²) in [6.07, 6.45) is 0. The van der Waals surface area contributed by atoms with Gasteiger partial charge in [0.25, 0.3) is 0 Å². The number of carbonyl (C=O) groups is 3. The van der Waals surface area contributed by atoms with Crippen LogP contribution in [0.25, 0.3) is 0 Å². The second kappa shape index (κ2) is 11.2. The first-order valence-electron chi connectivity index (χ1n) is 10.1. The first-order chi connectivity index (χ1) is 16.2. The fourth-order valence-electron chi connectivity index (χ4n) is 3.80. The first-order valence-corrected chi connectivity index (χ1v) is 12.7. The van der Waals surface area contributed by atoms with Gasteiger partial charge in [0.05, 0.1) is 29.5 Å². The van der Waals surface area contributed by atoms with E-state index in [4.69, 9.17) is 4.74 Å². The van der Waals surface area contributed by atoms with Crippen molar-refractivity contribution in [3.63, 3.8) is 0 Å². The molecule has 0 saturated heterocycles. The topological polar surface area (TPSA) is 108 Å². The van der Waals surface area contributed by atoms with Crippen molar-refractivity contribution < 1.29 is 19.1 Å². The molecule has 0 saturated carbocycles. The summed E-state index contributed by atoms with van der Waals surface area (Å²) < 4.78 is 6.51. The van der Waals surface area contributed by atoms with Crippen LogP contribution in [0, 0.1) is 31.1 Å². The van der Waals surface area contributed by atoms with Gasteiger partial charge in [0.15, 0.2) is 0 Å². The number of thioether (sulfide) groups is 1. The molecule has 2 N–H and O–H groups in total. The molecule has 10 heteroatoms. The van der Waals surface area contributed by atoms with Crippen LogP contribution in [0.15, 0.2) is 55.9 Å². The molecule has 34 heavy (non-hydrogen) atoms. The van der Waals surface area contributed by atoms with Crippen LogP contribution in [0.2, 0.25) is 0 Å². The van der Waals surface area contributed by atoms with Crippen LogP contribution in [0.1, 0.15) is 22.6 Å². The summed E-state index contributed by atoms with van der Waals surface area (Å²) in [4.78, 5) is 38.1. The molecule has 2 aromatic carbocycles. The largest absolute Gasteiger partial charge is 0.468 e. The molecule has 0 bridgehead atoms. The highest BCUT2D eigenvalue weighted by atomic mass is 79.9. The summed E-state index contributed by atoms with van der Waals surface area (Å²) >= 11 is 7.87. The number of benzene rings is 2. The Balaban J connectivity index is 1.90. The standard InChI is InChI=1S/C24H21Br2N3O4S/c1-12-7-16(26)8-13(2)21(12)28-18(30)11-34-23-17(10-27)19(14-5-4-6-15(25)9-14)20(22(31)29-23)24(32)33-3/h4-9,19-20H,11H2,1-3H3,(H,28,30)(H,29,31)/t19-,20+/m1/s1. The molecular weight excluding hydrogens is 586 g/mol. The van der Waals surface area contributed by atoms with Gasteiger partial charge in [-0.05, 0) is 54.8 Å². The number of nitrogens with zero attached hydrogens (tertiary/aromatic N) is 1. The SMILES string of the molecule is COC(=O)[C@@H]1C(=O)NC(SCC(=O)Nc2c(C)cc(Br)cc2C)=C(C#N)[C@H]1c1cccc(Br)c1. The highest BCUT2D eigenvalue weighted by Gasteiger charge is 2.44. The van der Waals surface area contributed by atoms with Crippen molar-refractivity contribution in [1.29, 1.82) is 5.26 Å². The zero-order valence-electron chi connectivity index (χ0n) is 18.6. The van der Waals surface area contributed by atoms with E-state index in [0.717, 1.165) is 31.8 Å². The average molecular weight is 607 g/mol. The lowest BCUT2D eigenvalue weighted by molar-refractivity contribution is -0.150. The van der Waals surface area contributed by atoms with Crippen molar-refractivity contribution in [2.24, 2.45) is 5.92 Å². The zero-order valence-corrected chi connectivity index (χ0v) is 22.6. The summed E-state index contributed by atoms with van der Waals surface area (Å²) in [6.45, 7) is 3.79. The van der Waals surface area contributed by atoms with Crippen LogP contribution in [0.5, 0.6) is 0 Å². The fourth-order valence-corrected chi connectivity index (χ4v) is 5.75. The Kier molecular flexibility index (Phi) is 8.57. The molecule has 0 radical (unpaired) electrons. The molecule has 0 aliphatic carbocycles. The lowest BCUT2D eigenvalue weighted by atomic mass is 9.78. The predicted octanol–water partition coefficient (Wildman–Crippen LogP) is 4.94. The number of anilines is 1. The van der Waals surface area contributed by atoms with Crippen LogP contribution in [-0.2, 0) is 19.1 Å². The maximum Gasteiger partial charge on any atom is 0.319 e. The highest BCUT2D eigenvalue weighted by Crippen LogP contribution is 2.40. The maximum atomic E-state index is 12.9. The van der Waals surface area contributed by atoms with Crippen LogP contribution >= 0.6 is 43.6 Å². The minimum absolute atomic E-state index is 0.0379. The fraction of sp³-hybridized carbons (Fsp3) is 0.250. The number of hydrogen-bond acceptors (Lipinski definition) is 6. The molecule has 2 atom stereocenters. The van der Waals surface area contributed by atoms with Gasteiger partial charge in [-0.3, -0.25) is 14.4 Å². The first kappa shape index (κ1) is 26.0. The number of esters is 1. The molecule has 0 spiro atoms. The number of aryl methyl sites for hydroxylation is 2. The minimum atomic E-state index is -1.22. The number of hydrogen-bond donors (Lipinski definition) is 2. The van der Waals surface area contributed by atoms with E-state index in [2.05, 4.69) is 48.6 Å². The molecule has 7 nitrogen and oxygen atoms in total. The lowest BCUT2D eigenvalue weighted by Crippen LogP contribution is -2.44. The monoisotopic (exact) mass is 605 g/mol. The van der Waals surface area contributed by atoms with Gasteiger partial charge < -0.3 is 15.4 Å². The van der Waals surface area contributed by atoms with Gasteiger partial charge in [0.1, 0.15) is 5.92 Å². The number of methoxy groups -OCH3 is 1. The van der Waals surface area contributed by atoms with E-state index in [9.17, 15) is 19.6 Å². The lowest BCUT2D eigenvalue weighted by Gasteiger charge is -2.31. The van der Waals surface area contributed by atoms with E-state index < -0.39 is 23.7 Å². The van der Waals surface area contributed by atoms with Gasteiger partial charge in [0, 0.05) is 20.6 Å². The Hall–Kier alpha value is -2.61. The Morgan fingerprint density at radius 1 is 1.18 bits per heavy atom. The van der Waals surface area contributed by atoms with Gasteiger partial charge in [-0.25, -0.2) is 0 Å². The Morgan fingerprint density at radius 3 is 2.44 bits per heavy atom. The Bertz CT molecular complexity index is 1220. The van der Waals surface area contributed by atoms with E-state index in [1.54, 1.807) is 24.3 Å². The van der Waals surface area contributed by atoms with Crippen LogP contribution in [-0.4, -0.2) is 30.6 Å². The summed E-state index contributed by atoms with van der Waals surface area (Å²) in [5.74, 6) is -3.71. The molecule has 3 rings (SSSR count). The number of ether oxygens (including phenoxy) is 1. The molecule has 1 heterocycles. The van der Waals surface area contributed by atoms with Crippen LogP contribution < -0.4 is 10.6 Å². The molecule has 176 valence electrons. The summed E-state index contributed by atoms with van der Waals surface area (Å²) in [6, 6.07) is 13.0. The minimum Gasteiger partial charge on any atom is -0.468 e. The maximum absolute atomic E-state index is 12.9. The van der Waals surface area contributed by atoms with Crippen LogP contribution in [0.3, 0.4) is 0 Å². The van der Waals surface area contributed by atoms with E-state index in [0.29, 0.717) is 11.3 Å². The van der Waals surface area contributed by atoms with E-state index in [1.165, 1.54) is 7.11 Å². The Morgan fingerprint density at radius 2 is 1.85 bits per heavy atom. The Labute approximate surface area is 218 Å². The van der Waals surface area contributed by atoms with Crippen molar-refractivity contribution in [2.75, 3.05) is 18.2 Å². The third kappa shape index (κ3) is 5.71. The zero-order chi connectivity index (χ0) is 25.0. The number of halogens is 2. The normalized spacial score (nSPS) is 17.6. The second-order valence-corrected chi connectivity index (χ2v) is 10.4. The number of allylic oxidation sites excluding steroid dienone is 1. The van der Waals surface area contributed by atoms with E-state index >= 15 is 0 Å². The second-order valence-electron chi connectivity index (χ2n) is 7.63. The van der Waals surface area contributed by atoms with E-state index in [1.807, 2.05) is 26.0 Å². The predicted molar refractivity (Wildman–Crippen MR) is 138 cm³/mol. The summed E-state index contributed by atoms with van der Waals surface area (Å²) in [7, 11) is 1.20. The van der Waals surface area contributed by atoms with Gasteiger partial charge in [-0.2, -0.15) is 5.26 Å². The third-order valence-electron chi connectivity index (χ3n) is 5.30. The van der Waals surface area contributed by atoms with Crippen molar-refractivity contribution in [3.8, 4) is 6.07 Å². The molecule has 0 aromatic heterocycles. The molecule has 0 unspecified atom stereocenters. The number of carbonyl (C=O) groups excluding carboxylic acids is 3. The third-order valence-corrected chi connectivity index (χ3v) is 7.27. The van der Waals surface area contributed by atoms with Gasteiger partial charge >= 0.3 is 5.97 Å². The smallest absolute Gasteiger partial charge is 0.319 e. The highest BCUT2D eigenvalue weighted by molar-refractivity contribution is 9.10. The van der Waals surface area contributed by atoms with Gasteiger partial charge in [-0.15, -0.1) is 0 Å².